The Morgan fingerprint density at radius 2 is 2.06 bits per heavy atom. The Kier molecular flexibility index (Phi) is 4.09. The molecule has 2 rings (SSSR count). The number of rotatable bonds is 6. The molecule has 0 unspecified atom stereocenters. The Bertz CT molecular complexity index is 508. The molecule has 0 radical (unpaired) electrons. The van der Waals surface area contributed by atoms with Gasteiger partial charge in [-0.3, -0.25) is 4.68 Å². The van der Waals surface area contributed by atoms with Crippen molar-refractivity contribution in [1.82, 2.24) is 9.78 Å². The summed E-state index contributed by atoms with van der Waals surface area (Å²) in [6, 6.07) is 11.8. The van der Waals surface area contributed by atoms with E-state index in [2.05, 4.69) is 5.10 Å². The molecular weight excluding hydrogens is 232 g/mol. The molecule has 0 aliphatic heterocycles. The summed E-state index contributed by atoms with van der Waals surface area (Å²) in [7, 11) is 0. The van der Waals surface area contributed by atoms with Gasteiger partial charge < -0.3 is 9.84 Å². The maximum atomic E-state index is 10.3. The van der Waals surface area contributed by atoms with Gasteiger partial charge in [0.1, 0.15) is 6.61 Å². The lowest BCUT2D eigenvalue weighted by Gasteiger charge is -2.01. The van der Waals surface area contributed by atoms with E-state index in [4.69, 9.17) is 9.84 Å². The topological polar surface area (TPSA) is 64.3 Å². The van der Waals surface area contributed by atoms with E-state index in [0.717, 1.165) is 5.69 Å². The van der Waals surface area contributed by atoms with E-state index in [-0.39, 0.29) is 13.2 Å². The molecule has 1 aromatic heterocycles. The van der Waals surface area contributed by atoms with Crippen LogP contribution in [0.4, 0.5) is 0 Å². The van der Waals surface area contributed by atoms with Gasteiger partial charge in [-0.05, 0) is 11.6 Å². The standard InChI is InChI=1S/C13H14N2O3/c16-13(17)10-18-9-12-6-7-15(14-12)8-11-4-2-1-3-5-11/h1-7H,8-10H2,(H,16,17). The van der Waals surface area contributed by atoms with Crippen molar-refractivity contribution in [3.8, 4) is 0 Å². The summed E-state index contributed by atoms with van der Waals surface area (Å²) < 4.78 is 6.77. The largest absolute Gasteiger partial charge is 0.480 e. The van der Waals surface area contributed by atoms with Gasteiger partial charge >= 0.3 is 5.97 Å². The zero-order valence-corrected chi connectivity index (χ0v) is 9.82. The molecule has 0 atom stereocenters. The highest BCUT2D eigenvalue weighted by molar-refractivity contribution is 5.67. The first-order valence-corrected chi connectivity index (χ1v) is 5.60. The van der Waals surface area contributed by atoms with Gasteiger partial charge in [0, 0.05) is 6.20 Å². The fourth-order valence-electron chi connectivity index (χ4n) is 1.58. The molecular formula is C13H14N2O3. The number of carboxylic acid groups (broad SMARTS) is 1. The molecule has 1 aromatic carbocycles. The fraction of sp³-hybridized carbons (Fsp3) is 0.231. The summed E-state index contributed by atoms with van der Waals surface area (Å²) in [5.74, 6) is -0.973. The first-order valence-electron chi connectivity index (χ1n) is 5.60. The molecule has 0 saturated heterocycles. The lowest BCUT2D eigenvalue weighted by Crippen LogP contribution is -2.07. The quantitative estimate of drug-likeness (QED) is 0.839. The van der Waals surface area contributed by atoms with Crippen LogP contribution in [0.1, 0.15) is 11.3 Å². The van der Waals surface area contributed by atoms with Gasteiger partial charge in [0.05, 0.1) is 18.8 Å². The number of hydrogen-bond donors (Lipinski definition) is 1. The van der Waals surface area contributed by atoms with Crippen LogP contribution in [0.15, 0.2) is 42.6 Å². The van der Waals surface area contributed by atoms with Crippen LogP contribution in [-0.2, 0) is 22.7 Å². The van der Waals surface area contributed by atoms with Crippen LogP contribution in [0.2, 0.25) is 0 Å². The van der Waals surface area contributed by atoms with Crippen LogP contribution < -0.4 is 0 Å². The Hall–Kier alpha value is -2.14. The Labute approximate surface area is 105 Å². The lowest BCUT2D eigenvalue weighted by molar-refractivity contribution is -0.142. The van der Waals surface area contributed by atoms with E-state index in [9.17, 15) is 4.79 Å². The number of aliphatic carboxylic acids is 1. The van der Waals surface area contributed by atoms with Crippen LogP contribution in [0.25, 0.3) is 0 Å². The molecule has 0 fully saturated rings. The van der Waals surface area contributed by atoms with E-state index in [0.29, 0.717) is 6.54 Å². The summed E-state index contributed by atoms with van der Waals surface area (Å²) >= 11 is 0. The van der Waals surface area contributed by atoms with Crippen molar-refractivity contribution >= 4 is 5.97 Å². The molecule has 1 N–H and O–H groups in total. The molecule has 0 aliphatic rings. The maximum Gasteiger partial charge on any atom is 0.329 e. The number of hydrogen-bond acceptors (Lipinski definition) is 3. The summed E-state index contributed by atoms with van der Waals surface area (Å²) in [5.41, 5.74) is 1.89. The zero-order valence-electron chi connectivity index (χ0n) is 9.82. The molecule has 18 heavy (non-hydrogen) atoms. The van der Waals surface area contributed by atoms with Crippen molar-refractivity contribution in [3.63, 3.8) is 0 Å². The van der Waals surface area contributed by atoms with Crippen LogP contribution in [0, 0.1) is 0 Å². The molecule has 1 heterocycles. The van der Waals surface area contributed by atoms with Crippen LogP contribution in [0.3, 0.4) is 0 Å². The molecule has 0 spiro atoms. The normalized spacial score (nSPS) is 10.4. The maximum absolute atomic E-state index is 10.3. The first kappa shape index (κ1) is 12.3. The number of aromatic nitrogens is 2. The lowest BCUT2D eigenvalue weighted by atomic mass is 10.2. The second-order valence-corrected chi connectivity index (χ2v) is 3.88. The van der Waals surface area contributed by atoms with Gasteiger partial charge in [-0.25, -0.2) is 4.79 Å². The Morgan fingerprint density at radius 1 is 1.28 bits per heavy atom. The minimum atomic E-state index is -0.973. The smallest absolute Gasteiger partial charge is 0.329 e. The summed E-state index contributed by atoms with van der Waals surface area (Å²) in [6.45, 7) is 0.611. The first-order chi connectivity index (χ1) is 8.74. The van der Waals surface area contributed by atoms with E-state index in [1.807, 2.05) is 42.6 Å². The van der Waals surface area contributed by atoms with Crippen molar-refractivity contribution in [1.29, 1.82) is 0 Å². The van der Waals surface area contributed by atoms with Gasteiger partial charge in [0.25, 0.3) is 0 Å². The molecule has 0 saturated carbocycles. The Balaban J connectivity index is 1.88. The fourth-order valence-corrected chi connectivity index (χ4v) is 1.58. The molecule has 5 heteroatoms. The molecule has 0 aliphatic carbocycles. The van der Waals surface area contributed by atoms with E-state index in [1.54, 1.807) is 4.68 Å². The molecule has 5 nitrogen and oxygen atoms in total. The van der Waals surface area contributed by atoms with Gasteiger partial charge in [-0.2, -0.15) is 5.10 Å². The molecule has 0 amide bonds. The Morgan fingerprint density at radius 3 is 2.78 bits per heavy atom. The number of nitrogens with zero attached hydrogens (tertiary/aromatic N) is 2. The van der Waals surface area contributed by atoms with Crippen molar-refractivity contribution in [2.75, 3.05) is 6.61 Å². The molecule has 2 aromatic rings. The van der Waals surface area contributed by atoms with E-state index < -0.39 is 5.97 Å². The SMILES string of the molecule is O=C(O)COCc1ccn(Cc2ccccc2)n1. The number of benzene rings is 1. The highest BCUT2D eigenvalue weighted by Gasteiger charge is 2.02. The van der Waals surface area contributed by atoms with Crippen molar-refractivity contribution in [2.24, 2.45) is 0 Å². The molecule has 94 valence electrons. The van der Waals surface area contributed by atoms with E-state index in [1.165, 1.54) is 5.56 Å². The highest BCUT2D eigenvalue weighted by Crippen LogP contribution is 2.03. The average molecular weight is 246 g/mol. The second-order valence-electron chi connectivity index (χ2n) is 3.88. The second kappa shape index (κ2) is 5.97. The van der Waals surface area contributed by atoms with Crippen LogP contribution in [-0.4, -0.2) is 27.5 Å². The number of ether oxygens (including phenoxy) is 1. The summed E-state index contributed by atoms with van der Waals surface area (Å²) in [5, 5.41) is 12.7. The van der Waals surface area contributed by atoms with Crippen molar-refractivity contribution in [2.45, 2.75) is 13.2 Å². The third kappa shape index (κ3) is 3.71. The number of carboxylic acids is 1. The third-order valence-corrected chi connectivity index (χ3v) is 2.36. The third-order valence-electron chi connectivity index (χ3n) is 2.36. The predicted octanol–water partition coefficient (Wildman–Crippen LogP) is 1.53. The summed E-state index contributed by atoms with van der Waals surface area (Å²) in [4.78, 5) is 10.3. The van der Waals surface area contributed by atoms with Gasteiger partial charge in [-0.1, -0.05) is 30.3 Å². The monoisotopic (exact) mass is 246 g/mol. The van der Waals surface area contributed by atoms with Crippen molar-refractivity contribution < 1.29 is 14.6 Å². The number of carbonyl (C=O) groups is 1. The van der Waals surface area contributed by atoms with E-state index >= 15 is 0 Å². The molecule has 0 bridgehead atoms. The van der Waals surface area contributed by atoms with Gasteiger partial charge in [-0.15, -0.1) is 0 Å². The highest BCUT2D eigenvalue weighted by atomic mass is 16.5. The van der Waals surface area contributed by atoms with Crippen LogP contribution in [0.5, 0.6) is 0 Å². The minimum absolute atomic E-state index is 0.216. The predicted molar refractivity (Wildman–Crippen MR) is 65.1 cm³/mol. The minimum Gasteiger partial charge on any atom is -0.480 e. The van der Waals surface area contributed by atoms with Gasteiger partial charge in [0.2, 0.25) is 0 Å². The summed E-state index contributed by atoms with van der Waals surface area (Å²) in [6.07, 6.45) is 1.85. The van der Waals surface area contributed by atoms with Gasteiger partial charge in [0.15, 0.2) is 0 Å². The van der Waals surface area contributed by atoms with Crippen LogP contribution >= 0.6 is 0 Å². The zero-order chi connectivity index (χ0) is 12.8. The average Bonchev–Trinajstić information content (AvgIpc) is 2.78. The van der Waals surface area contributed by atoms with Crippen molar-refractivity contribution in [3.05, 3.63) is 53.9 Å².